The van der Waals surface area contributed by atoms with Crippen molar-refractivity contribution in [3.8, 4) is 0 Å². The molecule has 3 rings (SSSR count). The number of rotatable bonds is 6. The Balaban J connectivity index is 1.61. The molecule has 0 bridgehead atoms. The predicted octanol–water partition coefficient (Wildman–Crippen LogP) is 3.73. The fourth-order valence-electron chi connectivity index (χ4n) is 4.39. The molecule has 2 heterocycles. The highest BCUT2D eigenvalue weighted by molar-refractivity contribution is 7.16. The number of nitrogens with zero attached hydrogens (tertiary/aromatic N) is 1. The number of likely N-dealkylation sites (N-methyl/N-ethyl adjacent to an activating group) is 1. The number of fused-ring (bicyclic) bond motifs is 1. The highest BCUT2D eigenvalue weighted by Crippen LogP contribution is 2.44. The van der Waals surface area contributed by atoms with Crippen LogP contribution in [0.4, 0.5) is 18.2 Å². The van der Waals surface area contributed by atoms with Gasteiger partial charge in [-0.2, -0.15) is 13.2 Å². The van der Waals surface area contributed by atoms with E-state index in [0.717, 1.165) is 43.2 Å². The number of nitrogens with one attached hydrogen (secondary N) is 2. The molecule has 1 aromatic rings. The Labute approximate surface area is 162 Å². The van der Waals surface area contributed by atoms with E-state index in [-0.39, 0.29) is 18.0 Å². The van der Waals surface area contributed by atoms with Crippen molar-refractivity contribution >= 4 is 22.2 Å². The topological polar surface area (TPSA) is 44.4 Å². The zero-order valence-corrected chi connectivity index (χ0v) is 16.8. The molecular weight excluding hydrogens is 375 g/mol. The lowest BCUT2D eigenvalue weighted by Crippen LogP contribution is -2.49. The van der Waals surface area contributed by atoms with E-state index in [1.807, 2.05) is 0 Å². The molecule has 1 saturated heterocycles. The molecular formula is C19H28F3N3OS. The first-order chi connectivity index (χ1) is 12.7. The van der Waals surface area contributed by atoms with Gasteiger partial charge in [-0.05, 0) is 50.3 Å². The standard InChI is InChI=1S/C19H28F3N3OS/c1-11(2)8-15(23-3)18(26)24-14-5-4-12-9-25(10-13(12)14)17-7-6-16(27-17)19(20,21)22/h6-7,11-15,23H,4-5,8-10H2,1-3H3,(H,24,26)/t12-,13+,14+,15+/m1/s1. The Bertz CT molecular complexity index is 661. The van der Waals surface area contributed by atoms with E-state index >= 15 is 0 Å². The molecule has 27 heavy (non-hydrogen) atoms. The molecule has 1 aliphatic heterocycles. The van der Waals surface area contributed by atoms with Crippen LogP contribution in [0.2, 0.25) is 0 Å². The largest absolute Gasteiger partial charge is 0.425 e. The molecule has 8 heteroatoms. The summed E-state index contributed by atoms with van der Waals surface area (Å²) in [6.07, 6.45) is -1.54. The van der Waals surface area contributed by atoms with Gasteiger partial charge >= 0.3 is 6.18 Å². The van der Waals surface area contributed by atoms with Crippen molar-refractivity contribution in [3.05, 3.63) is 17.0 Å². The second kappa shape index (κ2) is 7.99. The minimum Gasteiger partial charge on any atom is -0.363 e. The average Bonchev–Trinajstić information content (AvgIpc) is 3.27. The third kappa shape index (κ3) is 4.59. The van der Waals surface area contributed by atoms with Gasteiger partial charge in [0.2, 0.25) is 5.91 Å². The van der Waals surface area contributed by atoms with Crippen LogP contribution in [0.25, 0.3) is 0 Å². The Morgan fingerprint density at radius 2 is 2.04 bits per heavy atom. The maximum atomic E-state index is 12.9. The van der Waals surface area contributed by atoms with E-state index in [1.54, 1.807) is 13.1 Å². The minimum absolute atomic E-state index is 0.0331. The van der Waals surface area contributed by atoms with Crippen molar-refractivity contribution < 1.29 is 18.0 Å². The highest BCUT2D eigenvalue weighted by atomic mass is 32.1. The summed E-state index contributed by atoms with van der Waals surface area (Å²) in [5, 5.41) is 6.97. The van der Waals surface area contributed by atoms with Crippen LogP contribution >= 0.6 is 11.3 Å². The van der Waals surface area contributed by atoms with Crippen LogP contribution in [-0.2, 0) is 11.0 Å². The fourth-order valence-corrected chi connectivity index (χ4v) is 5.28. The summed E-state index contributed by atoms with van der Waals surface area (Å²) in [6.45, 7) is 5.67. The molecule has 1 aliphatic carbocycles. The number of carbonyl (C=O) groups excluding carboxylic acids is 1. The normalized spacial score (nSPS) is 26.5. The van der Waals surface area contributed by atoms with Gasteiger partial charge in [0.25, 0.3) is 0 Å². The van der Waals surface area contributed by atoms with Crippen molar-refractivity contribution in [3.63, 3.8) is 0 Å². The summed E-state index contributed by atoms with van der Waals surface area (Å²) in [5.41, 5.74) is 0. The van der Waals surface area contributed by atoms with Gasteiger partial charge in [-0.15, -0.1) is 11.3 Å². The van der Waals surface area contributed by atoms with Crippen molar-refractivity contribution in [2.24, 2.45) is 17.8 Å². The van der Waals surface area contributed by atoms with Crippen LogP contribution in [-0.4, -0.2) is 38.1 Å². The van der Waals surface area contributed by atoms with E-state index in [1.165, 1.54) is 0 Å². The number of halogens is 3. The van der Waals surface area contributed by atoms with E-state index < -0.39 is 11.1 Å². The van der Waals surface area contributed by atoms with Crippen LogP contribution in [0.3, 0.4) is 0 Å². The first-order valence-corrected chi connectivity index (χ1v) is 10.4. The number of hydrogen-bond acceptors (Lipinski definition) is 4. The monoisotopic (exact) mass is 403 g/mol. The van der Waals surface area contributed by atoms with Crippen LogP contribution in [0, 0.1) is 17.8 Å². The first-order valence-electron chi connectivity index (χ1n) is 9.58. The van der Waals surface area contributed by atoms with E-state index in [2.05, 4.69) is 29.4 Å². The predicted molar refractivity (Wildman–Crippen MR) is 102 cm³/mol. The zero-order valence-electron chi connectivity index (χ0n) is 16.0. The van der Waals surface area contributed by atoms with Gasteiger partial charge in [-0.1, -0.05) is 13.8 Å². The molecule has 1 saturated carbocycles. The van der Waals surface area contributed by atoms with Crippen molar-refractivity contribution in [2.45, 2.75) is 51.4 Å². The van der Waals surface area contributed by atoms with E-state index in [0.29, 0.717) is 29.3 Å². The number of alkyl halides is 3. The average molecular weight is 404 g/mol. The molecule has 2 aliphatic rings. The number of thiophene rings is 1. The Kier molecular flexibility index (Phi) is 6.05. The highest BCUT2D eigenvalue weighted by Gasteiger charge is 2.44. The molecule has 4 nitrogen and oxygen atoms in total. The van der Waals surface area contributed by atoms with E-state index in [4.69, 9.17) is 0 Å². The molecule has 1 aromatic heterocycles. The fraction of sp³-hybridized carbons (Fsp3) is 0.737. The second-order valence-electron chi connectivity index (χ2n) is 8.13. The van der Waals surface area contributed by atoms with Gasteiger partial charge in [-0.3, -0.25) is 4.79 Å². The Hall–Kier alpha value is -1.28. The van der Waals surface area contributed by atoms with Crippen LogP contribution < -0.4 is 15.5 Å². The third-order valence-electron chi connectivity index (χ3n) is 5.74. The van der Waals surface area contributed by atoms with Gasteiger partial charge in [0.1, 0.15) is 4.88 Å². The summed E-state index contributed by atoms with van der Waals surface area (Å²) in [6, 6.07) is 2.64. The molecule has 0 aromatic carbocycles. The zero-order chi connectivity index (χ0) is 19.8. The lowest BCUT2D eigenvalue weighted by Gasteiger charge is -2.25. The molecule has 0 unspecified atom stereocenters. The maximum absolute atomic E-state index is 12.9. The summed E-state index contributed by atoms with van der Waals surface area (Å²) >= 11 is 0.810. The molecule has 152 valence electrons. The summed E-state index contributed by atoms with van der Waals surface area (Å²) in [7, 11) is 1.80. The minimum atomic E-state index is -4.28. The molecule has 4 atom stereocenters. The van der Waals surface area contributed by atoms with Gasteiger partial charge < -0.3 is 15.5 Å². The Morgan fingerprint density at radius 1 is 1.30 bits per heavy atom. The SMILES string of the molecule is CN[C@@H](CC(C)C)C(=O)N[C@H]1CC[C@@H]2CN(c3ccc(C(F)(F)F)s3)C[C@@H]21. The first kappa shape index (κ1) is 20.5. The molecule has 2 N–H and O–H groups in total. The van der Waals surface area contributed by atoms with Crippen LogP contribution in [0.15, 0.2) is 12.1 Å². The van der Waals surface area contributed by atoms with Crippen molar-refractivity contribution in [1.82, 2.24) is 10.6 Å². The van der Waals surface area contributed by atoms with Crippen LogP contribution in [0.5, 0.6) is 0 Å². The molecule has 0 spiro atoms. The molecule has 1 amide bonds. The number of anilines is 1. The van der Waals surface area contributed by atoms with Crippen molar-refractivity contribution in [2.75, 3.05) is 25.0 Å². The second-order valence-corrected chi connectivity index (χ2v) is 9.19. The quantitative estimate of drug-likeness (QED) is 0.761. The Morgan fingerprint density at radius 3 is 2.63 bits per heavy atom. The van der Waals surface area contributed by atoms with Gasteiger partial charge in [0, 0.05) is 25.0 Å². The van der Waals surface area contributed by atoms with Crippen molar-refractivity contribution in [1.29, 1.82) is 0 Å². The van der Waals surface area contributed by atoms with Gasteiger partial charge in [-0.25, -0.2) is 0 Å². The van der Waals surface area contributed by atoms with Crippen LogP contribution in [0.1, 0.15) is 38.0 Å². The molecule has 0 radical (unpaired) electrons. The third-order valence-corrected chi connectivity index (χ3v) is 6.93. The summed E-state index contributed by atoms with van der Waals surface area (Å²) < 4.78 is 38.6. The lowest BCUT2D eigenvalue weighted by molar-refractivity contribution is -0.134. The summed E-state index contributed by atoms with van der Waals surface area (Å²) in [4.78, 5) is 14.1. The smallest absolute Gasteiger partial charge is 0.363 e. The summed E-state index contributed by atoms with van der Waals surface area (Å²) in [5.74, 6) is 1.20. The lowest BCUT2D eigenvalue weighted by atomic mass is 9.97. The number of amides is 1. The van der Waals surface area contributed by atoms with Gasteiger partial charge in [0.15, 0.2) is 0 Å². The molecule has 2 fully saturated rings. The van der Waals surface area contributed by atoms with Gasteiger partial charge in [0.05, 0.1) is 11.0 Å². The number of hydrogen-bond donors (Lipinski definition) is 2. The number of carbonyl (C=O) groups is 1. The van der Waals surface area contributed by atoms with E-state index in [9.17, 15) is 18.0 Å². The maximum Gasteiger partial charge on any atom is 0.425 e.